The first-order valence-electron chi connectivity index (χ1n) is 9.53. The normalized spacial score (nSPS) is 11.5. The van der Waals surface area contributed by atoms with E-state index in [1.807, 2.05) is 0 Å². The van der Waals surface area contributed by atoms with Gasteiger partial charge < -0.3 is 10.4 Å². The van der Waals surface area contributed by atoms with Gasteiger partial charge in [0.05, 0.1) is 41.0 Å². The molecule has 164 valence electrons. The maximum absolute atomic E-state index is 14.4. The van der Waals surface area contributed by atoms with E-state index in [4.69, 9.17) is 5.11 Å². The minimum Gasteiger partial charge on any atom is -0.395 e. The molecular formula is C21H21F2N3O4S. The highest BCUT2D eigenvalue weighted by Crippen LogP contribution is 2.25. The number of sulfonamides is 1. The van der Waals surface area contributed by atoms with Crippen molar-refractivity contribution in [2.45, 2.75) is 13.3 Å². The second-order valence-electron chi connectivity index (χ2n) is 6.85. The summed E-state index contributed by atoms with van der Waals surface area (Å²) < 4.78 is 54.6. The van der Waals surface area contributed by atoms with Crippen molar-refractivity contribution in [3.05, 3.63) is 65.4 Å². The van der Waals surface area contributed by atoms with Crippen molar-refractivity contribution in [2.24, 2.45) is 0 Å². The number of rotatable bonds is 9. The molecule has 1 aromatic heterocycles. The number of carbonyl (C=O) groups is 1. The minimum atomic E-state index is -3.75. The zero-order valence-electron chi connectivity index (χ0n) is 16.7. The standard InChI is InChI=1S/C21H21F2N3O4S/c1-2-7-31(29,30)26-15-10-17(20(23)18(22)11-15)21(28)13-3-4-19-14(8-13)9-16(12-25-19)24-5-6-27/h3-4,8-12,24,26-27H,2,5-7H2,1H3. The van der Waals surface area contributed by atoms with E-state index in [2.05, 4.69) is 15.0 Å². The number of aliphatic hydroxyl groups excluding tert-OH is 1. The molecule has 0 aliphatic rings. The molecule has 7 nitrogen and oxygen atoms in total. The van der Waals surface area contributed by atoms with Gasteiger partial charge in [0.2, 0.25) is 10.0 Å². The predicted molar refractivity (Wildman–Crippen MR) is 115 cm³/mol. The summed E-state index contributed by atoms with van der Waals surface area (Å²) in [6, 6.07) is 7.88. The Bertz CT molecular complexity index is 1230. The number of hydrogen-bond donors (Lipinski definition) is 3. The Hall–Kier alpha value is -3.11. The van der Waals surface area contributed by atoms with Crippen molar-refractivity contribution >= 4 is 38.1 Å². The Kier molecular flexibility index (Phi) is 6.81. The van der Waals surface area contributed by atoms with Crippen LogP contribution in [0.1, 0.15) is 29.3 Å². The first kappa shape index (κ1) is 22.6. The first-order chi connectivity index (χ1) is 14.7. The largest absolute Gasteiger partial charge is 0.395 e. The van der Waals surface area contributed by atoms with Crippen LogP contribution in [0.4, 0.5) is 20.2 Å². The number of halogens is 2. The summed E-state index contributed by atoms with van der Waals surface area (Å²) in [5.74, 6) is -3.69. The average molecular weight is 449 g/mol. The van der Waals surface area contributed by atoms with Gasteiger partial charge in [-0.05, 0) is 36.8 Å². The van der Waals surface area contributed by atoms with Gasteiger partial charge in [-0.2, -0.15) is 0 Å². The number of pyridine rings is 1. The highest BCUT2D eigenvalue weighted by molar-refractivity contribution is 7.92. The quantitative estimate of drug-likeness (QED) is 0.433. The number of aliphatic hydroxyl groups is 1. The van der Waals surface area contributed by atoms with Gasteiger partial charge in [-0.1, -0.05) is 6.92 Å². The van der Waals surface area contributed by atoms with Crippen LogP contribution in [-0.4, -0.2) is 43.2 Å². The lowest BCUT2D eigenvalue weighted by Crippen LogP contribution is -2.17. The molecule has 1 heterocycles. The third kappa shape index (κ3) is 5.33. The van der Waals surface area contributed by atoms with Gasteiger partial charge in [0, 0.05) is 23.6 Å². The Morgan fingerprint density at radius 2 is 1.90 bits per heavy atom. The van der Waals surface area contributed by atoms with Gasteiger partial charge in [-0.25, -0.2) is 17.2 Å². The number of benzene rings is 2. The molecule has 0 spiro atoms. The molecule has 0 bridgehead atoms. The zero-order valence-corrected chi connectivity index (χ0v) is 17.5. The molecule has 3 rings (SSSR count). The lowest BCUT2D eigenvalue weighted by molar-refractivity contribution is 0.103. The highest BCUT2D eigenvalue weighted by Gasteiger charge is 2.21. The molecule has 0 saturated heterocycles. The van der Waals surface area contributed by atoms with Gasteiger partial charge in [-0.15, -0.1) is 0 Å². The topological polar surface area (TPSA) is 108 Å². The van der Waals surface area contributed by atoms with Crippen LogP contribution in [0.3, 0.4) is 0 Å². The molecule has 0 aliphatic heterocycles. The molecule has 10 heteroatoms. The van der Waals surface area contributed by atoms with E-state index >= 15 is 0 Å². The van der Waals surface area contributed by atoms with E-state index in [0.717, 1.165) is 6.07 Å². The number of aromatic nitrogens is 1. The minimum absolute atomic E-state index is 0.0697. The zero-order chi connectivity index (χ0) is 22.6. The Morgan fingerprint density at radius 1 is 1.13 bits per heavy atom. The summed E-state index contributed by atoms with van der Waals surface area (Å²) in [6.07, 6.45) is 1.91. The monoisotopic (exact) mass is 449 g/mol. The van der Waals surface area contributed by atoms with Gasteiger partial charge >= 0.3 is 0 Å². The van der Waals surface area contributed by atoms with Gasteiger partial charge in [-0.3, -0.25) is 14.5 Å². The van der Waals surface area contributed by atoms with E-state index in [9.17, 15) is 22.0 Å². The second kappa shape index (κ2) is 9.36. The molecule has 0 fully saturated rings. The Morgan fingerprint density at radius 3 is 2.61 bits per heavy atom. The maximum atomic E-state index is 14.4. The summed E-state index contributed by atoms with van der Waals surface area (Å²) >= 11 is 0. The van der Waals surface area contributed by atoms with Crippen LogP contribution >= 0.6 is 0 Å². The average Bonchev–Trinajstić information content (AvgIpc) is 2.73. The summed E-state index contributed by atoms with van der Waals surface area (Å²) in [5, 5.41) is 12.4. The Balaban J connectivity index is 1.98. The Labute approximate surface area is 178 Å². The predicted octanol–water partition coefficient (Wildman–Crippen LogP) is 3.30. The van der Waals surface area contributed by atoms with Crippen molar-refractivity contribution in [1.29, 1.82) is 0 Å². The number of nitrogens with one attached hydrogen (secondary N) is 2. The van der Waals surface area contributed by atoms with Crippen LogP contribution in [-0.2, 0) is 10.0 Å². The van der Waals surface area contributed by atoms with Crippen LogP contribution in [0.25, 0.3) is 10.9 Å². The van der Waals surface area contributed by atoms with Crippen LogP contribution in [0.15, 0.2) is 42.6 Å². The van der Waals surface area contributed by atoms with E-state index in [1.54, 1.807) is 25.3 Å². The van der Waals surface area contributed by atoms with Gasteiger partial charge in [0.25, 0.3) is 0 Å². The van der Waals surface area contributed by atoms with E-state index in [-0.39, 0.29) is 23.6 Å². The van der Waals surface area contributed by atoms with Crippen molar-refractivity contribution in [1.82, 2.24) is 4.98 Å². The van der Waals surface area contributed by atoms with E-state index in [0.29, 0.717) is 35.6 Å². The number of fused-ring (bicyclic) bond motifs is 1. The van der Waals surface area contributed by atoms with Crippen molar-refractivity contribution in [2.75, 3.05) is 28.9 Å². The molecule has 2 aromatic carbocycles. The molecule has 0 saturated carbocycles. The van der Waals surface area contributed by atoms with Crippen LogP contribution < -0.4 is 10.0 Å². The van der Waals surface area contributed by atoms with E-state index in [1.165, 1.54) is 12.1 Å². The smallest absolute Gasteiger partial charge is 0.232 e. The maximum Gasteiger partial charge on any atom is 0.232 e. The summed E-state index contributed by atoms with van der Waals surface area (Å²) in [4.78, 5) is 17.2. The highest BCUT2D eigenvalue weighted by atomic mass is 32.2. The third-order valence-electron chi connectivity index (χ3n) is 4.40. The molecule has 0 unspecified atom stereocenters. The lowest BCUT2D eigenvalue weighted by atomic mass is 10.00. The number of ketones is 1. The fraction of sp³-hybridized carbons (Fsp3) is 0.238. The molecule has 3 N–H and O–H groups in total. The molecule has 0 atom stereocenters. The number of hydrogen-bond acceptors (Lipinski definition) is 6. The number of nitrogens with zero attached hydrogens (tertiary/aromatic N) is 1. The fourth-order valence-electron chi connectivity index (χ4n) is 3.04. The molecule has 0 radical (unpaired) electrons. The first-order valence-corrected chi connectivity index (χ1v) is 11.2. The van der Waals surface area contributed by atoms with Gasteiger partial charge in [0.1, 0.15) is 0 Å². The fourth-order valence-corrected chi connectivity index (χ4v) is 4.15. The van der Waals surface area contributed by atoms with Crippen LogP contribution in [0, 0.1) is 11.6 Å². The number of anilines is 2. The van der Waals surface area contributed by atoms with Gasteiger partial charge in [0.15, 0.2) is 17.4 Å². The second-order valence-corrected chi connectivity index (χ2v) is 8.69. The van der Waals surface area contributed by atoms with E-state index < -0.39 is 33.0 Å². The molecule has 3 aromatic rings. The van der Waals surface area contributed by atoms with Crippen molar-refractivity contribution in [3.8, 4) is 0 Å². The molecule has 0 amide bonds. The summed E-state index contributed by atoms with van der Waals surface area (Å²) in [6.45, 7) is 1.91. The molecular weight excluding hydrogens is 428 g/mol. The molecule has 0 aliphatic carbocycles. The SMILES string of the molecule is CCCS(=O)(=O)Nc1cc(F)c(F)c(C(=O)c2ccc3ncc(NCCO)cc3c2)c1. The van der Waals surface area contributed by atoms with Crippen LogP contribution in [0.2, 0.25) is 0 Å². The summed E-state index contributed by atoms with van der Waals surface area (Å²) in [5.41, 5.74) is 0.472. The van der Waals surface area contributed by atoms with Crippen molar-refractivity contribution < 1.29 is 27.1 Å². The van der Waals surface area contributed by atoms with Crippen molar-refractivity contribution in [3.63, 3.8) is 0 Å². The summed E-state index contributed by atoms with van der Waals surface area (Å²) in [7, 11) is -3.75. The lowest BCUT2D eigenvalue weighted by Gasteiger charge is -2.11. The van der Waals surface area contributed by atoms with Crippen LogP contribution in [0.5, 0.6) is 0 Å². The number of carbonyl (C=O) groups excluding carboxylic acids is 1. The third-order valence-corrected chi connectivity index (χ3v) is 5.90. The molecule has 31 heavy (non-hydrogen) atoms.